The van der Waals surface area contributed by atoms with Gasteiger partial charge in [-0.25, -0.2) is 0 Å². The number of hydrogen-bond donors (Lipinski definition) is 1. The molecule has 0 aliphatic carbocycles. The van der Waals surface area contributed by atoms with Crippen molar-refractivity contribution in [2.75, 3.05) is 20.3 Å². The highest BCUT2D eigenvalue weighted by molar-refractivity contribution is 5.81. The van der Waals surface area contributed by atoms with Gasteiger partial charge >= 0.3 is 0 Å². The molecule has 0 aromatic rings. The van der Waals surface area contributed by atoms with Crippen LogP contribution < -0.4 is 5.73 Å². The van der Waals surface area contributed by atoms with Crippen molar-refractivity contribution in [1.82, 2.24) is 4.90 Å². The summed E-state index contributed by atoms with van der Waals surface area (Å²) in [6.45, 7) is 9.30. The van der Waals surface area contributed by atoms with Gasteiger partial charge in [0.1, 0.15) is 0 Å². The molecule has 0 fully saturated rings. The van der Waals surface area contributed by atoms with Crippen molar-refractivity contribution < 1.29 is 9.53 Å². The second kappa shape index (κ2) is 7.63. The molecule has 1 amide bonds. The van der Waals surface area contributed by atoms with Crippen LogP contribution in [0.25, 0.3) is 0 Å². The van der Waals surface area contributed by atoms with Crippen LogP contribution in [0.5, 0.6) is 0 Å². The highest BCUT2D eigenvalue weighted by Gasteiger charge is 2.23. The van der Waals surface area contributed by atoms with Gasteiger partial charge in [-0.05, 0) is 26.2 Å². The summed E-state index contributed by atoms with van der Waals surface area (Å²) >= 11 is 0. The zero-order valence-electron chi connectivity index (χ0n) is 11.2. The van der Waals surface area contributed by atoms with Gasteiger partial charge in [0.15, 0.2) is 0 Å². The van der Waals surface area contributed by atoms with Gasteiger partial charge in [-0.2, -0.15) is 0 Å². The Kier molecular flexibility index (Phi) is 7.34. The average Bonchev–Trinajstić information content (AvgIpc) is 2.16. The third kappa shape index (κ3) is 5.47. The zero-order chi connectivity index (χ0) is 12.7. The number of methoxy groups -OCH3 is 1. The fraction of sp³-hybridized carbons (Fsp3) is 0.917. The first-order valence-electron chi connectivity index (χ1n) is 5.95. The van der Waals surface area contributed by atoms with Crippen LogP contribution in [0.2, 0.25) is 0 Å². The lowest BCUT2D eigenvalue weighted by atomic mass is 10.0. The molecule has 0 aliphatic rings. The minimum absolute atomic E-state index is 0.0285. The van der Waals surface area contributed by atoms with Gasteiger partial charge in [-0.15, -0.1) is 0 Å². The van der Waals surface area contributed by atoms with E-state index in [1.165, 1.54) is 0 Å². The van der Waals surface area contributed by atoms with E-state index in [1.54, 1.807) is 12.0 Å². The van der Waals surface area contributed by atoms with Crippen LogP contribution in [0, 0.1) is 5.92 Å². The summed E-state index contributed by atoms with van der Waals surface area (Å²) in [5, 5.41) is 0. The summed E-state index contributed by atoms with van der Waals surface area (Å²) in [7, 11) is 1.64. The molecule has 0 saturated heterocycles. The van der Waals surface area contributed by atoms with Gasteiger partial charge in [-0.1, -0.05) is 13.8 Å². The molecule has 0 aromatic heterocycles. The first kappa shape index (κ1) is 15.4. The van der Waals surface area contributed by atoms with Gasteiger partial charge in [0, 0.05) is 19.7 Å². The quantitative estimate of drug-likeness (QED) is 0.716. The number of amides is 1. The van der Waals surface area contributed by atoms with Crippen LogP contribution in [0.3, 0.4) is 0 Å². The molecule has 0 aliphatic heterocycles. The third-order valence-electron chi connectivity index (χ3n) is 2.49. The van der Waals surface area contributed by atoms with Crippen molar-refractivity contribution in [3.8, 4) is 0 Å². The van der Waals surface area contributed by atoms with Crippen LogP contribution >= 0.6 is 0 Å². The van der Waals surface area contributed by atoms with E-state index in [-0.39, 0.29) is 18.0 Å². The first-order valence-corrected chi connectivity index (χ1v) is 5.95. The predicted molar refractivity (Wildman–Crippen MR) is 66.2 cm³/mol. The standard InChI is InChI=1S/C12H26N2O2/c1-9(2)8-11(13)12(15)14(10(3)4)6-7-16-5/h9-11H,6-8,13H2,1-5H3/t11-/m0/s1. The number of carbonyl (C=O) groups excluding carboxylic acids is 1. The van der Waals surface area contributed by atoms with E-state index < -0.39 is 0 Å². The van der Waals surface area contributed by atoms with Crippen LogP contribution in [-0.2, 0) is 9.53 Å². The fourth-order valence-corrected chi connectivity index (χ4v) is 1.63. The Labute approximate surface area is 99.1 Å². The summed E-state index contributed by atoms with van der Waals surface area (Å²) in [6, 6.07) is -0.222. The Morgan fingerprint density at radius 2 is 1.88 bits per heavy atom. The number of hydrogen-bond acceptors (Lipinski definition) is 3. The Bertz CT molecular complexity index is 205. The monoisotopic (exact) mass is 230 g/mol. The highest BCUT2D eigenvalue weighted by atomic mass is 16.5. The van der Waals surface area contributed by atoms with Crippen molar-refractivity contribution in [3.63, 3.8) is 0 Å². The van der Waals surface area contributed by atoms with Crippen LogP contribution in [0.15, 0.2) is 0 Å². The summed E-state index contributed by atoms with van der Waals surface area (Å²) in [4.78, 5) is 13.9. The molecular weight excluding hydrogens is 204 g/mol. The van der Waals surface area contributed by atoms with E-state index in [4.69, 9.17) is 10.5 Å². The summed E-state index contributed by atoms with van der Waals surface area (Å²) in [5.41, 5.74) is 5.90. The molecule has 0 unspecified atom stereocenters. The summed E-state index contributed by atoms with van der Waals surface area (Å²) < 4.78 is 5.00. The van der Waals surface area contributed by atoms with Crippen LogP contribution in [0.1, 0.15) is 34.1 Å². The predicted octanol–water partition coefficient (Wildman–Crippen LogP) is 1.24. The van der Waals surface area contributed by atoms with Crippen molar-refractivity contribution in [2.45, 2.75) is 46.2 Å². The molecule has 0 spiro atoms. The molecule has 0 bridgehead atoms. The van der Waals surface area contributed by atoms with Crippen molar-refractivity contribution in [2.24, 2.45) is 11.7 Å². The van der Waals surface area contributed by atoms with Gasteiger partial charge in [0.2, 0.25) is 5.91 Å². The smallest absolute Gasteiger partial charge is 0.239 e. The maximum Gasteiger partial charge on any atom is 0.239 e. The molecule has 16 heavy (non-hydrogen) atoms. The minimum atomic E-state index is -0.390. The van der Waals surface area contributed by atoms with E-state index >= 15 is 0 Å². The van der Waals surface area contributed by atoms with Crippen molar-refractivity contribution in [3.05, 3.63) is 0 Å². The number of ether oxygens (including phenoxy) is 1. The fourth-order valence-electron chi connectivity index (χ4n) is 1.63. The maximum absolute atomic E-state index is 12.1. The van der Waals surface area contributed by atoms with Crippen LogP contribution in [-0.4, -0.2) is 43.2 Å². The highest BCUT2D eigenvalue weighted by Crippen LogP contribution is 2.08. The molecule has 0 saturated carbocycles. The molecule has 1 atom stereocenters. The summed E-state index contributed by atoms with van der Waals surface area (Å²) in [6.07, 6.45) is 0.731. The largest absolute Gasteiger partial charge is 0.383 e. The molecule has 4 nitrogen and oxygen atoms in total. The Hall–Kier alpha value is -0.610. The van der Waals surface area contributed by atoms with Gasteiger partial charge in [-0.3, -0.25) is 4.79 Å². The Morgan fingerprint density at radius 1 is 1.31 bits per heavy atom. The second-order valence-corrected chi connectivity index (χ2v) is 4.85. The molecule has 2 N–H and O–H groups in total. The van der Waals surface area contributed by atoms with Crippen molar-refractivity contribution >= 4 is 5.91 Å². The maximum atomic E-state index is 12.1. The lowest BCUT2D eigenvalue weighted by Crippen LogP contribution is -2.48. The van der Waals surface area contributed by atoms with E-state index in [0.29, 0.717) is 19.1 Å². The number of carbonyl (C=O) groups is 1. The first-order chi connectivity index (χ1) is 7.40. The topological polar surface area (TPSA) is 55.6 Å². The lowest BCUT2D eigenvalue weighted by molar-refractivity contribution is -0.135. The Morgan fingerprint density at radius 3 is 2.25 bits per heavy atom. The van der Waals surface area contributed by atoms with Gasteiger partial charge in [0.25, 0.3) is 0 Å². The normalized spacial score (nSPS) is 13.2. The molecule has 4 heteroatoms. The van der Waals surface area contributed by atoms with Crippen molar-refractivity contribution in [1.29, 1.82) is 0 Å². The Balaban J connectivity index is 4.36. The number of nitrogens with two attached hydrogens (primary N) is 1. The number of rotatable bonds is 7. The lowest BCUT2D eigenvalue weighted by Gasteiger charge is -2.29. The zero-order valence-corrected chi connectivity index (χ0v) is 11.2. The second-order valence-electron chi connectivity index (χ2n) is 4.85. The van der Waals surface area contributed by atoms with Gasteiger partial charge < -0.3 is 15.4 Å². The third-order valence-corrected chi connectivity index (χ3v) is 2.49. The number of nitrogens with zero attached hydrogens (tertiary/aromatic N) is 1. The van der Waals surface area contributed by atoms with Gasteiger partial charge in [0.05, 0.1) is 12.6 Å². The van der Waals surface area contributed by atoms with E-state index in [0.717, 1.165) is 6.42 Å². The van der Waals surface area contributed by atoms with E-state index in [1.807, 2.05) is 13.8 Å². The average molecular weight is 230 g/mol. The molecule has 0 radical (unpaired) electrons. The molecule has 96 valence electrons. The van der Waals surface area contributed by atoms with Crippen LogP contribution in [0.4, 0.5) is 0 Å². The SMILES string of the molecule is COCCN(C(=O)[C@@H](N)CC(C)C)C(C)C. The molecular formula is C12H26N2O2. The minimum Gasteiger partial charge on any atom is -0.383 e. The molecule has 0 heterocycles. The summed E-state index contributed by atoms with van der Waals surface area (Å²) in [5.74, 6) is 0.469. The van der Waals surface area contributed by atoms with E-state index in [9.17, 15) is 4.79 Å². The molecule has 0 aromatic carbocycles. The molecule has 0 rings (SSSR count). The van der Waals surface area contributed by atoms with E-state index in [2.05, 4.69) is 13.8 Å².